The molecule has 12 aromatic rings. The van der Waals surface area contributed by atoms with Crippen LogP contribution in [0, 0.1) is 45.3 Å². The van der Waals surface area contributed by atoms with Gasteiger partial charge in [0.15, 0.2) is 132 Å². The van der Waals surface area contributed by atoms with Crippen molar-refractivity contribution in [2.24, 2.45) is 0 Å². The van der Waals surface area contributed by atoms with Crippen LogP contribution in [-0.2, 0) is 60.2 Å². The highest BCUT2D eigenvalue weighted by molar-refractivity contribution is 7.53. The monoisotopic (exact) mass is 2110 g/mol. The SMILES string of the molecule is CC(C)N(C(C)C)P(OCCC#N)N(C(C)C)C(C)C.CC[C@H]1O[C@@H](n2cnc3c(NC(=O)c4ccccc4)ncnc32)[C@H](F)[C@@H]1OP(=O)(CC[C@H]1O[C@@H](n2cnc3c(NC(=O)c4ccccc4)ncnc32)[C@H](F)[C@@H]1O)OCCC#N.CC[C@H]1O[C@@H](n2cnc3c(NC(=O)c4ccccc4)ncnc32)[C@H](F)[C@@H]1OP(=O)(NC[C@H]1O[C@@H](n2cnc3c(NC(=O)c4ccccc4)ncnc32)[C@H](F)[C@@H]1OC(=O)OCCC#N)OCCC#N. The highest BCUT2D eigenvalue weighted by Gasteiger charge is 2.55. The van der Waals surface area contributed by atoms with E-state index < -0.39 is 171 Å². The van der Waals surface area contributed by atoms with Crippen LogP contribution in [0.5, 0.6) is 0 Å². The molecule has 4 fully saturated rings. The number of halogens is 4. The summed E-state index contributed by atoms with van der Waals surface area (Å²) < 4.78 is 169. The van der Waals surface area contributed by atoms with Crippen LogP contribution in [0.1, 0.15) is 181 Å². The van der Waals surface area contributed by atoms with E-state index in [-0.39, 0.29) is 120 Å². The third-order valence-corrected chi connectivity index (χ3v) is 30.4. The number of carbonyl (C=O) groups excluding carboxylic acids is 5. The van der Waals surface area contributed by atoms with Crippen molar-refractivity contribution in [1.82, 2.24) is 92.5 Å². The first-order valence-corrected chi connectivity index (χ1v) is 52.2. The summed E-state index contributed by atoms with van der Waals surface area (Å²) in [5.41, 5.74) is 2.26. The molecule has 53 heteroatoms. The lowest BCUT2D eigenvalue weighted by molar-refractivity contribution is -0.0328. The maximum atomic E-state index is 16.8. The van der Waals surface area contributed by atoms with Crippen molar-refractivity contribution in [3.05, 3.63) is 194 Å². The van der Waals surface area contributed by atoms with Gasteiger partial charge in [-0.2, -0.15) is 21.0 Å². The van der Waals surface area contributed by atoms with Crippen LogP contribution in [0.25, 0.3) is 44.7 Å². The van der Waals surface area contributed by atoms with Gasteiger partial charge in [0.1, 0.15) is 56.3 Å². The van der Waals surface area contributed by atoms with Gasteiger partial charge in [-0.25, -0.2) is 101 Å². The van der Waals surface area contributed by atoms with Crippen molar-refractivity contribution in [1.29, 1.82) is 21.0 Å². The number of amides is 4. The van der Waals surface area contributed by atoms with Crippen LogP contribution in [0.4, 0.5) is 45.6 Å². The topological polar surface area (TPSA) is 577 Å². The maximum Gasteiger partial charge on any atom is 0.508 e. The minimum atomic E-state index is -4.72. The number of fused-ring (bicyclic) bond motifs is 4. The average molecular weight is 2120 g/mol. The van der Waals surface area contributed by atoms with Crippen LogP contribution in [0.2, 0.25) is 0 Å². The number of aliphatic hydroxyl groups is 1. The normalized spacial score (nSPS) is 22.3. The van der Waals surface area contributed by atoms with Crippen LogP contribution >= 0.6 is 23.8 Å². The van der Waals surface area contributed by atoms with Gasteiger partial charge in [-0.05, 0) is 123 Å². The Morgan fingerprint density at radius 3 is 1.11 bits per heavy atom. The van der Waals surface area contributed by atoms with Gasteiger partial charge >= 0.3 is 21.5 Å². The van der Waals surface area contributed by atoms with Crippen molar-refractivity contribution in [2.45, 2.75) is 237 Å². The van der Waals surface area contributed by atoms with E-state index in [9.17, 15) is 48.7 Å². The van der Waals surface area contributed by atoms with E-state index in [4.69, 9.17) is 61.6 Å². The number of imidazole rings is 4. The molecular formula is C96H110F4N27O19P3. The second kappa shape index (κ2) is 51.5. The molecule has 0 saturated carbocycles. The summed E-state index contributed by atoms with van der Waals surface area (Å²) in [6.45, 7) is 19.8. The number of benzene rings is 4. The molecule has 4 aromatic carbocycles. The molecule has 786 valence electrons. The Labute approximate surface area is 853 Å². The van der Waals surface area contributed by atoms with Gasteiger partial charge in [-0.1, -0.05) is 86.6 Å². The number of hydrogen-bond donors (Lipinski definition) is 6. The average Bonchev–Trinajstić information content (AvgIpc) is 1.61. The molecule has 16 rings (SSSR count). The summed E-state index contributed by atoms with van der Waals surface area (Å²) in [5.74, 6) is -1.68. The van der Waals surface area contributed by atoms with E-state index >= 15 is 17.6 Å². The Morgan fingerprint density at radius 1 is 0.430 bits per heavy atom. The van der Waals surface area contributed by atoms with Crippen molar-refractivity contribution < 1.29 is 107 Å². The lowest BCUT2D eigenvalue weighted by Crippen LogP contribution is -2.43. The smallest absolute Gasteiger partial charge is 0.433 e. The highest BCUT2D eigenvalue weighted by Crippen LogP contribution is 2.57. The zero-order chi connectivity index (χ0) is 106. The Hall–Kier alpha value is -13.7. The fourth-order valence-corrected chi connectivity index (χ4v) is 22.7. The summed E-state index contributed by atoms with van der Waals surface area (Å²) in [5, 5.41) is 60.4. The minimum absolute atomic E-state index is 0.00281. The van der Waals surface area contributed by atoms with Gasteiger partial charge < -0.3 is 63.8 Å². The largest absolute Gasteiger partial charge is 0.508 e. The molecule has 12 heterocycles. The molecule has 0 spiro atoms. The lowest BCUT2D eigenvalue weighted by Gasteiger charge is -2.45. The van der Waals surface area contributed by atoms with Crippen molar-refractivity contribution in [2.75, 3.05) is 60.4 Å². The summed E-state index contributed by atoms with van der Waals surface area (Å²) >= 11 is 0. The minimum Gasteiger partial charge on any atom is -0.433 e. The molecule has 4 aliphatic heterocycles. The first-order valence-electron chi connectivity index (χ1n) is 47.8. The number of nitrogens with one attached hydrogen (secondary N) is 5. The quantitative estimate of drug-likeness (QED) is 0.00895. The first kappa shape index (κ1) is 111. The van der Waals surface area contributed by atoms with E-state index in [1.165, 1.54) is 49.9 Å². The fourth-order valence-electron chi connectivity index (χ4n) is 17.0. The van der Waals surface area contributed by atoms with Crippen LogP contribution in [-0.4, -0.2) is 259 Å². The van der Waals surface area contributed by atoms with E-state index in [2.05, 4.69) is 157 Å². The van der Waals surface area contributed by atoms with Crippen molar-refractivity contribution in [3.63, 3.8) is 0 Å². The van der Waals surface area contributed by atoms with E-state index in [0.29, 0.717) is 59.4 Å². The first-order chi connectivity index (χ1) is 71.8. The second-order valence-corrected chi connectivity index (χ2v) is 40.7. The summed E-state index contributed by atoms with van der Waals surface area (Å²) in [7, 11) is -9.88. The standard InChI is InChI=1S/C42H40F2N13O10P.C39H38F2N11O8P.C15H32N3OP/c1-2-26-33(29(44)41(64-26)57-23-52-31-35(48-21-50-37(31)57)55-39(59)25-13-7-4-8-14-25)67-68(61,63-18-10-16-46)53-19-27-32(66-42(60)62-17-9-15-45)28(43)40(65-27)56-22-51-30-34(47-20-49-36(30)56)54-38(58)24-11-5-3-6-12-24;1-2-24-31(27(41)39(58-24)52-21-48-29-33(44-19-46-35(29)52)50-37(55)23-12-7-4-8-13-23)60-61(56,57-16-9-15-42)17-14-25-30(53)26(40)38(59-25)51-20-47-28-32(43-18-45-34(28)51)49-36(54)22-10-5-3-6-11-22;1-12(2)17(13(3)4)20(19-11-9-10-16)18(14(5)6)15(7)8/h3-8,11-14,20-23,26-29,32-33,40-41H,2,9-10,17-19H2,1H3,(H,53,61)(H,47,49,54,58)(H,48,50,55,59);3-8,10-13,18-21,24-27,30-31,38-39,53H,2,9,14,16-17H2,1H3,(H,43,45,49,54)(H,44,46,50,55);12-15H,9,11H2,1-8H3/t26-,27-,28-,29-,32-,33-,40-,41-,68?;24-,25-,26-,27-,30-,31-,38-,39-,61?;/m11./s1. The fraction of sp³-hybridized carbons (Fsp3) is 0.448. The second-order valence-electron chi connectivity index (χ2n) is 35.1. The number of anilines is 4. The number of aromatic nitrogens is 16. The summed E-state index contributed by atoms with van der Waals surface area (Å²) in [6, 6.07) is 42.9. The molecule has 6 N–H and O–H groups in total. The number of alkyl halides is 4. The summed E-state index contributed by atoms with van der Waals surface area (Å²) in [4.78, 5) is 115. The zero-order valence-corrected chi connectivity index (χ0v) is 85.1. The van der Waals surface area contributed by atoms with Gasteiger partial charge in [-0.3, -0.25) is 55.6 Å². The Balaban J connectivity index is 0.000000199. The third-order valence-electron chi connectivity index (χ3n) is 23.8. The van der Waals surface area contributed by atoms with Crippen molar-refractivity contribution in [3.8, 4) is 24.3 Å². The van der Waals surface area contributed by atoms with Gasteiger partial charge in [-0.15, -0.1) is 0 Å². The van der Waals surface area contributed by atoms with E-state index in [0.717, 1.165) is 19.0 Å². The molecule has 8 aromatic heterocycles. The number of carbonyl (C=O) groups is 5. The highest BCUT2D eigenvalue weighted by atomic mass is 31.2. The summed E-state index contributed by atoms with van der Waals surface area (Å²) in [6.07, 6.45) is -17.8. The lowest BCUT2D eigenvalue weighted by atomic mass is 10.1. The van der Waals surface area contributed by atoms with Gasteiger partial charge in [0.25, 0.3) is 23.6 Å². The molecule has 149 heavy (non-hydrogen) atoms. The molecule has 2 unspecified atom stereocenters. The predicted molar refractivity (Wildman–Crippen MR) is 529 cm³/mol. The van der Waals surface area contributed by atoms with E-state index in [1.54, 1.807) is 141 Å². The number of hydrogen-bond acceptors (Lipinski definition) is 37. The molecule has 0 radical (unpaired) electrons. The van der Waals surface area contributed by atoms with Crippen LogP contribution < -0.4 is 26.4 Å². The Kier molecular flexibility index (Phi) is 38.3. The molecule has 18 atom stereocenters. The van der Waals surface area contributed by atoms with Gasteiger partial charge in [0.2, 0.25) is 0 Å². The molecule has 46 nitrogen and oxygen atoms in total. The molecule has 4 saturated heterocycles. The van der Waals surface area contributed by atoms with Gasteiger partial charge in [0.05, 0.1) is 120 Å². The number of nitrogens with zero attached hydrogens (tertiary/aromatic N) is 22. The van der Waals surface area contributed by atoms with Crippen molar-refractivity contribution >= 4 is 122 Å². The molecular weight excluding hydrogens is 2000 g/mol. The Bertz CT molecular complexity index is 6840. The predicted octanol–water partition coefficient (Wildman–Crippen LogP) is 15.2. The number of ether oxygens (including phenoxy) is 6. The zero-order valence-electron chi connectivity index (χ0n) is 82.4. The number of aliphatic hydroxyl groups excluding tert-OH is 1. The van der Waals surface area contributed by atoms with Crippen LogP contribution in [0.3, 0.4) is 0 Å². The molecule has 4 aliphatic rings. The number of nitriles is 4. The van der Waals surface area contributed by atoms with Gasteiger partial charge in [0, 0.05) is 53.0 Å². The third kappa shape index (κ3) is 26.4. The van der Waals surface area contributed by atoms with E-state index in [1.807, 2.05) is 12.1 Å². The Morgan fingerprint density at radius 2 is 0.752 bits per heavy atom. The molecule has 4 amide bonds. The molecule has 0 aliphatic carbocycles. The maximum absolute atomic E-state index is 16.8. The number of rotatable bonds is 42. The molecule has 0 bridgehead atoms. The van der Waals surface area contributed by atoms with Crippen LogP contribution in [0.15, 0.2) is 172 Å².